The predicted molar refractivity (Wildman–Crippen MR) is 159 cm³/mol. The van der Waals surface area contributed by atoms with Crippen LogP contribution in [0.5, 0.6) is 23.1 Å². The van der Waals surface area contributed by atoms with Gasteiger partial charge in [0.2, 0.25) is 5.88 Å². The van der Waals surface area contributed by atoms with Gasteiger partial charge in [0.15, 0.2) is 5.11 Å². The Kier molecular flexibility index (Phi) is 6.78. The molecule has 0 atom stereocenters. The molecule has 1 saturated heterocycles. The lowest BCUT2D eigenvalue weighted by atomic mass is 10.1. The maximum atomic E-state index is 13.8. The van der Waals surface area contributed by atoms with Gasteiger partial charge in [-0.05, 0) is 85.0 Å². The van der Waals surface area contributed by atoms with Crippen molar-refractivity contribution in [2.45, 2.75) is 0 Å². The number of hydrogen-bond donors (Lipinski definition) is 1. The number of rotatable bonds is 6. The average molecular weight is 564 g/mol. The number of hydrogen-bond acceptors (Lipinski definition) is 5. The van der Waals surface area contributed by atoms with E-state index in [1.807, 2.05) is 66.2 Å². The van der Waals surface area contributed by atoms with Crippen LogP contribution in [0.15, 0.2) is 109 Å². The van der Waals surface area contributed by atoms with Crippen LogP contribution in [0.4, 0.5) is 10.1 Å². The van der Waals surface area contributed by atoms with Crippen LogP contribution in [0.3, 0.4) is 0 Å². The van der Waals surface area contributed by atoms with E-state index < -0.39 is 17.6 Å². The van der Waals surface area contributed by atoms with E-state index >= 15 is 0 Å². The van der Waals surface area contributed by atoms with Crippen LogP contribution in [-0.4, -0.2) is 21.5 Å². The van der Waals surface area contributed by atoms with Gasteiger partial charge in [-0.3, -0.25) is 19.8 Å². The van der Waals surface area contributed by atoms with Crippen molar-refractivity contribution in [3.05, 3.63) is 120 Å². The molecular weight excluding hydrogens is 541 g/mol. The molecule has 0 spiro atoms. The van der Waals surface area contributed by atoms with Crippen LogP contribution < -0.4 is 19.7 Å². The van der Waals surface area contributed by atoms with Crippen molar-refractivity contribution in [2.24, 2.45) is 7.05 Å². The summed E-state index contributed by atoms with van der Waals surface area (Å²) >= 11 is 5.38. The zero-order valence-corrected chi connectivity index (χ0v) is 22.5. The molecule has 7 nitrogen and oxygen atoms in total. The van der Waals surface area contributed by atoms with Crippen LogP contribution >= 0.6 is 12.2 Å². The molecule has 1 aromatic heterocycles. The summed E-state index contributed by atoms with van der Waals surface area (Å²) in [4.78, 5) is 28.1. The molecule has 0 unspecified atom stereocenters. The van der Waals surface area contributed by atoms with Crippen LogP contribution in [-0.2, 0) is 16.6 Å². The summed E-state index contributed by atoms with van der Waals surface area (Å²) in [6.07, 6.45) is 1.50. The average Bonchev–Trinajstić information content (AvgIpc) is 3.24. The summed E-state index contributed by atoms with van der Waals surface area (Å²) in [5, 5.41) is 3.36. The summed E-state index contributed by atoms with van der Waals surface area (Å²) < 4.78 is 27.3. The molecule has 1 aliphatic heterocycles. The van der Waals surface area contributed by atoms with Crippen molar-refractivity contribution in [1.29, 1.82) is 0 Å². The monoisotopic (exact) mass is 563 g/mol. The highest BCUT2D eigenvalue weighted by Crippen LogP contribution is 2.37. The zero-order valence-electron chi connectivity index (χ0n) is 21.7. The lowest BCUT2D eigenvalue weighted by molar-refractivity contribution is -0.122. The summed E-state index contributed by atoms with van der Waals surface area (Å²) in [7, 11) is 1.81. The Hall–Kier alpha value is -5.28. The zero-order chi connectivity index (χ0) is 28.5. The predicted octanol–water partition coefficient (Wildman–Crippen LogP) is 6.73. The van der Waals surface area contributed by atoms with Crippen molar-refractivity contribution in [2.75, 3.05) is 4.90 Å². The molecule has 2 heterocycles. The molecule has 0 radical (unpaired) electrons. The van der Waals surface area contributed by atoms with E-state index in [9.17, 15) is 14.0 Å². The number of aromatic nitrogens is 1. The van der Waals surface area contributed by atoms with E-state index in [2.05, 4.69) is 5.32 Å². The first-order valence-electron chi connectivity index (χ1n) is 12.6. The third kappa shape index (κ3) is 5.06. The molecule has 202 valence electrons. The van der Waals surface area contributed by atoms with Crippen LogP contribution in [0.25, 0.3) is 17.0 Å². The molecule has 1 N–H and O–H groups in total. The molecule has 4 aromatic carbocycles. The molecule has 1 aliphatic rings. The van der Waals surface area contributed by atoms with Crippen LogP contribution in [0.2, 0.25) is 0 Å². The van der Waals surface area contributed by atoms with Crippen molar-refractivity contribution < 1.29 is 23.5 Å². The maximum Gasteiger partial charge on any atom is 0.270 e. The molecule has 1 fully saturated rings. The van der Waals surface area contributed by atoms with E-state index in [0.717, 1.165) is 10.9 Å². The number of nitrogens with one attached hydrogen (secondary N) is 1. The molecule has 0 aliphatic carbocycles. The van der Waals surface area contributed by atoms with Gasteiger partial charge in [-0.1, -0.05) is 36.4 Å². The first-order valence-corrected chi connectivity index (χ1v) is 13.0. The fraction of sp³-hybridized carbons (Fsp3) is 0.0312. The van der Waals surface area contributed by atoms with E-state index in [1.165, 1.54) is 35.2 Å². The number of thiocarbonyl (C=S) groups is 1. The summed E-state index contributed by atoms with van der Waals surface area (Å²) in [6.45, 7) is 0. The van der Waals surface area contributed by atoms with Gasteiger partial charge < -0.3 is 14.0 Å². The van der Waals surface area contributed by atoms with Gasteiger partial charge in [0.05, 0.1) is 11.2 Å². The highest BCUT2D eigenvalue weighted by Gasteiger charge is 2.35. The van der Waals surface area contributed by atoms with Crippen LogP contribution in [0, 0.1) is 5.82 Å². The number of anilines is 1. The number of benzene rings is 4. The molecule has 9 heteroatoms. The summed E-state index contributed by atoms with van der Waals surface area (Å²) in [5.41, 5.74) is 1.68. The Labute approximate surface area is 240 Å². The molecular formula is C32H22FN3O4S. The summed E-state index contributed by atoms with van der Waals surface area (Å²) in [6, 6.07) is 29.3. The highest BCUT2D eigenvalue weighted by atomic mass is 32.1. The highest BCUT2D eigenvalue weighted by molar-refractivity contribution is 7.80. The van der Waals surface area contributed by atoms with Crippen LogP contribution in [0.1, 0.15) is 5.56 Å². The first-order chi connectivity index (χ1) is 19.9. The minimum atomic E-state index is -0.624. The van der Waals surface area contributed by atoms with E-state index in [-0.39, 0.29) is 10.7 Å². The third-order valence-corrected chi connectivity index (χ3v) is 6.87. The Morgan fingerprint density at radius 3 is 2.12 bits per heavy atom. The van der Waals surface area contributed by atoms with Crippen molar-refractivity contribution >= 4 is 51.8 Å². The Morgan fingerprint density at radius 1 is 0.780 bits per heavy atom. The number of carbonyl (C=O) groups is 2. The number of carbonyl (C=O) groups excluding carboxylic acids is 2. The largest absolute Gasteiger partial charge is 0.457 e. The Morgan fingerprint density at radius 2 is 1.39 bits per heavy atom. The van der Waals surface area contributed by atoms with Gasteiger partial charge in [0.1, 0.15) is 28.6 Å². The Balaban J connectivity index is 1.37. The molecule has 41 heavy (non-hydrogen) atoms. The maximum absolute atomic E-state index is 13.8. The molecule has 5 aromatic rings. The number of fused-ring (bicyclic) bond motifs is 1. The second-order valence-corrected chi connectivity index (χ2v) is 9.60. The minimum absolute atomic E-state index is 0.0328. The van der Waals surface area contributed by atoms with E-state index in [0.29, 0.717) is 34.4 Å². The van der Waals surface area contributed by atoms with Gasteiger partial charge >= 0.3 is 0 Å². The molecule has 0 saturated carbocycles. The van der Waals surface area contributed by atoms with Gasteiger partial charge in [-0.25, -0.2) is 4.39 Å². The standard InChI is InChI=1S/C32H22FN3O4S/c1-35-28-10-6-5-9-25(28)26(31(35)40-24-15-11-20(33)12-16-24)19-27-29(37)34-32(41)36(30(27)38)21-13-17-23(18-14-21)39-22-7-3-2-4-8-22/h2-19H,1H3,(H,34,37,41)/b27-19+. The number of aryl methyl sites for hydroxylation is 1. The topological polar surface area (TPSA) is 72.8 Å². The number of amides is 2. The molecule has 6 rings (SSSR count). The smallest absolute Gasteiger partial charge is 0.270 e. The number of nitrogens with zero attached hydrogens (tertiary/aromatic N) is 2. The van der Waals surface area contributed by atoms with Crippen molar-refractivity contribution in [3.8, 4) is 23.1 Å². The van der Waals surface area contributed by atoms with Crippen molar-refractivity contribution in [3.63, 3.8) is 0 Å². The second kappa shape index (κ2) is 10.7. The quantitative estimate of drug-likeness (QED) is 0.141. The van der Waals surface area contributed by atoms with Crippen molar-refractivity contribution in [1.82, 2.24) is 9.88 Å². The Bertz CT molecular complexity index is 1830. The molecule has 0 bridgehead atoms. The lowest BCUT2D eigenvalue weighted by Crippen LogP contribution is -2.54. The third-order valence-electron chi connectivity index (χ3n) is 6.58. The number of halogens is 1. The minimum Gasteiger partial charge on any atom is -0.457 e. The van der Waals surface area contributed by atoms with Gasteiger partial charge in [-0.15, -0.1) is 0 Å². The SMILES string of the molecule is Cn1c(Oc2ccc(F)cc2)c(/C=C2\C(=O)NC(=S)N(c3ccc(Oc4ccccc4)cc3)C2=O)c2ccccc21. The van der Waals surface area contributed by atoms with Gasteiger partial charge in [-0.2, -0.15) is 0 Å². The van der Waals surface area contributed by atoms with Gasteiger partial charge in [0, 0.05) is 18.0 Å². The number of para-hydroxylation sites is 2. The van der Waals surface area contributed by atoms with E-state index in [1.54, 1.807) is 24.3 Å². The normalized spacial score (nSPS) is 14.4. The van der Waals surface area contributed by atoms with E-state index in [4.69, 9.17) is 21.7 Å². The van der Waals surface area contributed by atoms with Gasteiger partial charge in [0.25, 0.3) is 11.8 Å². The second-order valence-electron chi connectivity index (χ2n) is 9.22. The lowest BCUT2D eigenvalue weighted by Gasteiger charge is -2.29. The first kappa shape index (κ1) is 26.0. The number of ether oxygens (including phenoxy) is 2. The molecule has 2 amide bonds. The fourth-order valence-corrected chi connectivity index (χ4v) is 4.88. The summed E-state index contributed by atoms with van der Waals surface area (Å²) in [5.74, 6) is 0.434. The fourth-order valence-electron chi connectivity index (χ4n) is 4.60.